The zero-order valence-electron chi connectivity index (χ0n) is 15.7. The summed E-state index contributed by atoms with van der Waals surface area (Å²) in [6.07, 6.45) is 11.9. The molecule has 0 saturated carbocycles. The van der Waals surface area contributed by atoms with Crippen LogP contribution >= 0.6 is 11.8 Å². The molecule has 1 unspecified atom stereocenters. The summed E-state index contributed by atoms with van der Waals surface area (Å²) in [5.41, 5.74) is 5.76. The van der Waals surface area contributed by atoms with Gasteiger partial charge in [-0.05, 0) is 72.0 Å². The lowest BCUT2D eigenvalue weighted by atomic mass is 10.1. The first kappa shape index (κ1) is 21.3. The van der Waals surface area contributed by atoms with Crippen molar-refractivity contribution < 1.29 is 0 Å². The van der Waals surface area contributed by atoms with Crippen LogP contribution in [0.15, 0.2) is 47.1 Å². The van der Waals surface area contributed by atoms with Crippen LogP contribution in [0.1, 0.15) is 67.2 Å². The Hall–Kier alpha value is -0.690. The average molecular weight is 321 g/mol. The van der Waals surface area contributed by atoms with Gasteiger partial charge in [0.15, 0.2) is 0 Å². The Bertz CT molecular complexity index is 406. The Kier molecular flexibility index (Phi) is 12.4. The summed E-state index contributed by atoms with van der Waals surface area (Å²) in [5.74, 6) is 2.94. The van der Waals surface area contributed by atoms with Gasteiger partial charge in [0.05, 0.1) is 0 Å². The molecule has 1 atom stereocenters. The molecule has 0 radical (unpaired) electrons. The van der Waals surface area contributed by atoms with Gasteiger partial charge >= 0.3 is 0 Å². The second-order valence-electron chi connectivity index (χ2n) is 6.74. The Balaban J connectivity index is 3.87. The maximum absolute atomic E-state index is 4.02. The van der Waals surface area contributed by atoms with E-state index >= 15 is 0 Å². The van der Waals surface area contributed by atoms with Crippen LogP contribution in [0.2, 0.25) is 0 Å². The zero-order valence-corrected chi connectivity index (χ0v) is 16.5. The normalized spacial score (nSPS) is 13.9. The SMILES string of the molecule is C=C(C)C(C)CSC/C=C(\C)CC/C=C(\C)CCC=C(C)C. The molecule has 0 bridgehead atoms. The lowest BCUT2D eigenvalue weighted by Gasteiger charge is -2.09. The highest BCUT2D eigenvalue weighted by Gasteiger charge is 2.01. The van der Waals surface area contributed by atoms with Crippen LogP contribution in [0.4, 0.5) is 0 Å². The molecule has 0 aliphatic heterocycles. The predicted molar refractivity (Wildman–Crippen MR) is 107 cm³/mol. The molecular formula is C21H36S. The van der Waals surface area contributed by atoms with Crippen molar-refractivity contribution in [1.29, 1.82) is 0 Å². The van der Waals surface area contributed by atoms with E-state index in [1.165, 1.54) is 53.7 Å². The highest BCUT2D eigenvalue weighted by Crippen LogP contribution is 2.16. The minimum absolute atomic E-state index is 0.630. The van der Waals surface area contributed by atoms with Gasteiger partial charge in [-0.2, -0.15) is 11.8 Å². The maximum atomic E-state index is 4.02. The van der Waals surface area contributed by atoms with Crippen LogP contribution in [-0.4, -0.2) is 11.5 Å². The molecule has 1 heteroatoms. The molecule has 0 rings (SSSR count). The van der Waals surface area contributed by atoms with Crippen molar-refractivity contribution in [3.8, 4) is 0 Å². The lowest BCUT2D eigenvalue weighted by Crippen LogP contribution is -1.98. The highest BCUT2D eigenvalue weighted by molar-refractivity contribution is 7.99. The summed E-state index contributed by atoms with van der Waals surface area (Å²) in [5, 5.41) is 0. The fourth-order valence-corrected chi connectivity index (χ4v) is 3.10. The Morgan fingerprint density at radius 3 is 2.00 bits per heavy atom. The van der Waals surface area contributed by atoms with Gasteiger partial charge in [-0.25, -0.2) is 0 Å². The smallest absolute Gasteiger partial charge is 0.0116 e. The number of thioether (sulfide) groups is 1. The quantitative estimate of drug-likeness (QED) is 0.283. The second-order valence-corrected chi connectivity index (χ2v) is 7.82. The third-order valence-corrected chi connectivity index (χ3v) is 5.02. The van der Waals surface area contributed by atoms with Gasteiger partial charge < -0.3 is 0 Å². The van der Waals surface area contributed by atoms with Crippen LogP contribution < -0.4 is 0 Å². The number of hydrogen-bond acceptors (Lipinski definition) is 1. The van der Waals surface area contributed by atoms with Gasteiger partial charge in [-0.3, -0.25) is 0 Å². The van der Waals surface area contributed by atoms with E-state index in [-0.39, 0.29) is 0 Å². The van der Waals surface area contributed by atoms with Gasteiger partial charge in [0.25, 0.3) is 0 Å². The molecule has 0 aromatic heterocycles. The molecule has 0 amide bonds. The fraction of sp³-hybridized carbons (Fsp3) is 0.619. The first-order chi connectivity index (χ1) is 10.3. The number of rotatable bonds is 11. The molecule has 0 aliphatic carbocycles. The fourth-order valence-electron chi connectivity index (χ4n) is 1.93. The summed E-state index contributed by atoms with van der Waals surface area (Å²) >= 11 is 2.01. The van der Waals surface area contributed by atoms with Crippen molar-refractivity contribution >= 4 is 11.8 Å². The topological polar surface area (TPSA) is 0 Å². The monoisotopic (exact) mass is 320 g/mol. The number of hydrogen-bond donors (Lipinski definition) is 0. The summed E-state index contributed by atoms with van der Waals surface area (Å²) in [6, 6.07) is 0. The average Bonchev–Trinajstić information content (AvgIpc) is 2.42. The van der Waals surface area contributed by atoms with Gasteiger partial charge in [0, 0.05) is 5.75 Å². The van der Waals surface area contributed by atoms with Crippen molar-refractivity contribution in [3.63, 3.8) is 0 Å². The third-order valence-electron chi connectivity index (χ3n) is 3.88. The largest absolute Gasteiger partial charge is 0.157 e. The van der Waals surface area contributed by atoms with Crippen molar-refractivity contribution in [2.75, 3.05) is 11.5 Å². The molecule has 22 heavy (non-hydrogen) atoms. The summed E-state index contributed by atoms with van der Waals surface area (Å²) in [6.45, 7) is 17.3. The zero-order chi connectivity index (χ0) is 17.0. The van der Waals surface area contributed by atoms with Crippen LogP contribution in [0, 0.1) is 5.92 Å². The number of allylic oxidation sites excluding steroid dienone is 6. The highest BCUT2D eigenvalue weighted by atomic mass is 32.2. The molecule has 0 aliphatic rings. The van der Waals surface area contributed by atoms with Gasteiger partial charge in [0.2, 0.25) is 0 Å². The van der Waals surface area contributed by atoms with E-state index in [0.29, 0.717) is 5.92 Å². The van der Waals surface area contributed by atoms with E-state index < -0.39 is 0 Å². The van der Waals surface area contributed by atoms with E-state index in [4.69, 9.17) is 0 Å². The Morgan fingerprint density at radius 1 is 0.909 bits per heavy atom. The van der Waals surface area contributed by atoms with E-state index in [9.17, 15) is 0 Å². The maximum Gasteiger partial charge on any atom is 0.0116 e. The van der Waals surface area contributed by atoms with Crippen molar-refractivity contribution in [2.24, 2.45) is 5.92 Å². The van der Waals surface area contributed by atoms with Crippen LogP contribution in [0.25, 0.3) is 0 Å². The first-order valence-corrected chi connectivity index (χ1v) is 9.66. The second kappa shape index (κ2) is 12.8. The molecule has 0 heterocycles. The molecule has 0 aromatic carbocycles. The minimum Gasteiger partial charge on any atom is -0.157 e. The standard InChI is InChI=1S/C21H36S/c1-17(2)10-8-11-19(5)12-9-13-20(6)14-15-22-16-21(7)18(3)4/h10,12,14,21H,3,8-9,11,13,15-16H2,1-2,4-7H3/b19-12+,20-14+. The predicted octanol–water partition coefficient (Wildman–Crippen LogP) is 7.35. The van der Waals surface area contributed by atoms with E-state index in [2.05, 4.69) is 66.3 Å². The van der Waals surface area contributed by atoms with Crippen molar-refractivity contribution in [2.45, 2.75) is 67.2 Å². The van der Waals surface area contributed by atoms with Gasteiger partial charge in [-0.1, -0.05) is 54.0 Å². The van der Waals surface area contributed by atoms with Crippen LogP contribution in [-0.2, 0) is 0 Å². The first-order valence-electron chi connectivity index (χ1n) is 8.50. The van der Waals surface area contributed by atoms with Crippen molar-refractivity contribution in [3.05, 3.63) is 47.1 Å². The molecular weight excluding hydrogens is 284 g/mol. The van der Waals surface area contributed by atoms with Crippen molar-refractivity contribution in [1.82, 2.24) is 0 Å². The van der Waals surface area contributed by atoms with Crippen LogP contribution in [0.5, 0.6) is 0 Å². The van der Waals surface area contributed by atoms with E-state index in [0.717, 1.165) is 5.75 Å². The molecule has 0 N–H and O–H groups in total. The summed E-state index contributed by atoms with van der Waals surface area (Å²) in [7, 11) is 0. The molecule has 126 valence electrons. The Labute approximate surface area is 143 Å². The van der Waals surface area contributed by atoms with Gasteiger partial charge in [0.1, 0.15) is 0 Å². The third kappa shape index (κ3) is 13.0. The van der Waals surface area contributed by atoms with Gasteiger partial charge in [-0.15, -0.1) is 0 Å². The summed E-state index contributed by atoms with van der Waals surface area (Å²) < 4.78 is 0. The van der Waals surface area contributed by atoms with Crippen LogP contribution in [0.3, 0.4) is 0 Å². The van der Waals surface area contributed by atoms with E-state index in [1.54, 1.807) is 0 Å². The molecule has 0 spiro atoms. The minimum atomic E-state index is 0.630. The molecule has 0 fully saturated rings. The van der Waals surface area contributed by atoms with E-state index in [1.807, 2.05) is 11.8 Å². The Morgan fingerprint density at radius 2 is 1.45 bits per heavy atom. The molecule has 0 nitrogen and oxygen atoms in total. The molecule has 0 aromatic rings. The summed E-state index contributed by atoms with van der Waals surface area (Å²) in [4.78, 5) is 0. The molecule has 0 saturated heterocycles. The lowest BCUT2D eigenvalue weighted by molar-refractivity contribution is 0.787.